The molecule has 0 spiro atoms. The Hall–Kier alpha value is -4.19. The molecule has 0 radical (unpaired) electrons. The van der Waals surface area contributed by atoms with E-state index in [0.717, 1.165) is 33.5 Å². The largest absolute Gasteiger partial charge is 0.487 e. The Balaban J connectivity index is 1.32. The summed E-state index contributed by atoms with van der Waals surface area (Å²) in [5.74, 6) is 0.475. The van der Waals surface area contributed by atoms with Gasteiger partial charge in [-0.05, 0) is 35.4 Å². The normalized spacial score (nSPS) is 11.3. The SMILES string of the molecule is COC(=O)CCC(=NOCc1ccc(OCc2ccc3ccccc3n2)cc1)c1ccccc1. The highest BCUT2D eigenvalue weighted by Crippen LogP contribution is 2.17. The molecule has 0 unspecified atom stereocenters. The van der Waals surface area contributed by atoms with E-state index in [1.165, 1.54) is 7.11 Å². The molecule has 1 aromatic heterocycles. The number of oxime groups is 1. The number of methoxy groups -OCH3 is 1. The van der Waals surface area contributed by atoms with Gasteiger partial charge in [0.15, 0.2) is 0 Å². The molecule has 0 aliphatic heterocycles. The summed E-state index contributed by atoms with van der Waals surface area (Å²) in [6.45, 7) is 0.701. The molecule has 0 saturated heterocycles. The molecular formula is C28H26N2O4. The minimum absolute atomic E-state index is 0.242. The lowest BCUT2D eigenvalue weighted by Gasteiger charge is -2.09. The summed E-state index contributed by atoms with van der Waals surface area (Å²) in [5.41, 5.74) is 4.41. The lowest BCUT2D eigenvalue weighted by Crippen LogP contribution is -2.08. The number of aromatic nitrogens is 1. The maximum absolute atomic E-state index is 11.5. The van der Waals surface area contributed by atoms with Crippen molar-refractivity contribution in [2.75, 3.05) is 7.11 Å². The third-order valence-corrected chi connectivity index (χ3v) is 5.27. The zero-order valence-electron chi connectivity index (χ0n) is 19.0. The number of para-hydroxylation sites is 1. The van der Waals surface area contributed by atoms with Gasteiger partial charge in [0.25, 0.3) is 0 Å². The zero-order chi connectivity index (χ0) is 23.6. The first-order chi connectivity index (χ1) is 16.7. The summed E-state index contributed by atoms with van der Waals surface area (Å²) < 4.78 is 10.6. The molecule has 1 heterocycles. The third kappa shape index (κ3) is 6.42. The minimum atomic E-state index is -0.280. The van der Waals surface area contributed by atoms with Crippen molar-refractivity contribution in [1.29, 1.82) is 0 Å². The molecule has 0 atom stereocenters. The summed E-state index contributed by atoms with van der Waals surface area (Å²) in [6.07, 6.45) is 0.679. The topological polar surface area (TPSA) is 70.0 Å². The van der Waals surface area contributed by atoms with Crippen molar-refractivity contribution in [2.24, 2.45) is 5.16 Å². The number of hydrogen-bond donors (Lipinski definition) is 0. The fraction of sp³-hybridized carbons (Fsp3) is 0.179. The van der Waals surface area contributed by atoms with Crippen molar-refractivity contribution in [3.8, 4) is 5.75 Å². The highest BCUT2D eigenvalue weighted by molar-refractivity contribution is 6.01. The van der Waals surface area contributed by atoms with Crippen LogP contribution in [0.1, 0.15) is 29.7 Å². The second kappa shape index (κ2) is 11.6. The second-order valence-corrected chi connectivity index (χ2v) is 7.68. The predicted octanol–water partition coefficient (Wildman–Crippen LogP) is 5.69. The highest BCUT2D eigenvalue weighted by Gasteiger charge is 2.09. The van der Waals surface area contributed by atoms with E-state index in [1.807, 2.05) is 84.9 Å². The minimum Gasteiger partial charge on any atom is -0.487 e. The fourth-order valence-electron chi connectivity index (χ4n) is 3.41. The Morgan fingerprint density at radius 2 is 1.59 bits per heavy atom. The molecule has 3 aromatic carbocycles. The van der Waals surface area contributed by atoms with Crippen LogP contribution in [-0.2, 0) is 27.6 Å². The van der Waals surface area contributed by atoms with E-state index in [4.69, 9.17) is 14.3 Å². The van der Waals surface area contributed by atoms with Crippen LogP contribution in [0.3, 0.4) is 0 Å². The Kier molecular flexibility index (Phi) is 7.85. The maximum atomic E-state index is 11.5. The molecule has 4 rings (SSSR count). The summed E-state index contributed by atoms with van der Waals surface area (Å²) in [6, 6.07) is 29.4. The van der Waals surface area contributed by atoms with E-state index in [-0.39, 0.29) is 12.4 Å². The van der Waals surface area contributed by atoms with E-state index in [9.17, 15) is 4.79 Å². The zero-order valence-corrected chi connectivity index (χ0v) is 19.0. The number of hydrogen-bond acceptors (Lipinski definition) is 6. The molecule has 6 heteroatoms. The molecule has 0 bridgehead atoms. The van der Waals surface area contributed by atoms with Crippen molar-refractivity contribution in [1.82, 2.24) is 4.98 Å². The number of nitrogens with zero attached hydrogens (tertiary/aromatic N) is 2. The van der Waals surface area contributed by atoms with Crippen molar-refractivity contribution in [2.45, 2.75) is 26.1 Å². The van der Waals surface area contributed by atoms with E-state index < -0.39 is 0 Å². The number of carbonyl (C=O) groups excluding carboxylic acids is 1. The van der Waals surface area contributed by atoms with Crippen molar-refractivity contribution >= 4 is 22.6 Å². The van der Waals surface area contributed by atoms with E-state index in [2.05, 4.69) is 16.2 Å². The van der Waals surface area contributed by atoms with E-state index in [1.54, 1.807) is 0 Å². The highest BCUT2D eigenvalue weighted by atomic mass is 16.6. The van der Waals surface area contributed by atoms with Crippen LogP contribution in [0.2, 0.25) is 0 Å². The van der Waals surface area contributed by atoms with Crippen LogP contribution in [0.25, 0.3) is 10.9 Å². The molecule has 4 aromatic rings. The van der Waals surface area contributed by atoms with E-state index >= 15 is 0 Å². The number of pyridine rings is 1. The monoisotopic (exact) mass is 454 g/mol. The Labute approximate surface area is 198 Å². The number of rotatable bonds is 10. The van der Waals surface area contributed by atoms with Gasteiger partial charge in [-0.15, -0.1) is 0 Å². The van der Waals surface area contributed by atoms with Crippen molar-refractivity contribution in [3.05, 3.63) is 108 Å². The molecule has 0 amide bonds. The van der Waals surface area contributed by atoms with Gasteiger partial charge in [-0.1, -0.05) is 71.9 Å². The first kappa shape index (κ1) is 23.0. The molecule has 0 aliphatic carbocycles. The summed E-state index contributed by atoms with van der Waals surface area (Å²) in [7, 11) is 1.38. The Morgan fingerprint density at radius 3 is 2.38 bits per heavy atom. The molecule has 34 heavy (non-hydrogen) atoms. The van der Waals surface area contributed by atoms with Crippen molar-refractivity contribution in [3.63, 3.8) is 0 Å². The fourth-order valence-corrected chi connectivity index (χ4v) is 3.41. The molecular weight excluding hydrogens is 428 g/mol. The summed E-state index contributed by atoms with van der Waals surface area (Å²) in [5, 5.41) is 5.40. The van der Waals surface area contributed by atoms with Crippen LogP contribution >= 0.6 is 0 Å². The van der Waals surface area contributed by atoms with Crippen LogP contribution < -0.4 is 4.74 Å². The maximum Gasteiger partial charge on any atom is 0.305 e. The lowest BCUT2D eigenvalue weighted by atomic mass is 10.1. The number of esters is 1. The lowest BCUT2D eigenvalue weighted by molar-refractivity contribution is -0.140. The number of benzene rings is 3. The second-order valence-electron chi connectivity index (χ2n) is 7.68. The molecule has 6 nitrogen and oxygen atoms in total. The van der Waals surface area contributed by atoms with Crippen LogP contribution in [0.15, 0.2) is 96.2 Å². The number of ether oxygens (including phenoxy) is 2. The predicted molar refractivity (Wildman–Crippen MR) is 132 cm³/mol. The summed E-state index contributed by atoms with van der Waals surface area (Å²) >= 11 is 0. The Bertz CT molecular complexity index is 1250. The molecule has 0 saturated carbocycles. The first-order valence-corrected chi connectivity index (χ1v) is 11.1. The smallest absolute Gasteiger partial charge is 0.305 e. The van der Waals surface area contributed by atoms with Crippen LogP contribution in [0.4, 0.5) is 0 Å². The van der Waals surface area contributed by atoms with Gasteiger partial charge < -0.3 is 14.3 Å². The molecule has 0 N–H and O–H groups in total. The average Bonchev–Trinajstić information content (AvgIpc) is 2.90. The molecule has 172 valence electrons. The third-order valence-electron chi connectivity index (χ3n) is 5.27. The van der Waals surface area contributed by atoms with E-state index in [0.29, 0.717) is 25.3 Å². The summed E-state index contributed by atoms with van der Waals surface area (Å²) in [4.78, 5) is 21.8. The molecule has 0 aliphatic rings. The van der Waals surface area contributed by atoms with Gasteiger partial charge in [0.05, 0.1) is 30.5 Å². The van der Waals surface area contributed by atoms with Gasteiger partial charge in [-0.25, -0.2) is 4.98 Å². The van der Waals surface area contributed by atoms with Crippen LogP contribution in [0.5, 0.6) is 5.75 Å². The average molecular weight is 455 g/mol. The van der Waals surface area contributed by atoms with Crippen LogP contribution in [0, 0.1) is 0 Å². The van der Waals surface area contributed by atoms with Crippen molar-refractivity contribution < 1.29 is 19.1 Å². The number of carbonyl (C=O) groups is 1. The number of fused-ring (bicyclic) bond motifs is 1. The van der Waals surface area contributed by atoms with Gasteiger partial charge in [0.2, 0.25) is 0 Å². The molecule has 0 fully saturated rings. The van der Waals surface area contributed by atoms with Gasteiger partial charge in [0.1, 0.15) is 19.0 Å². The van der Waals surface area contributed by atoms with Gasteiger partial charge in [0, 0.05) is 11.8 Å². The van der Waals surface area contributed by atoms with Gasteiger partial charge >= 0.3 is 5.97 Å². The quantitative estimate of drug-likeness (QED) is 0.175. The van der Waals surface area contributed by atoms with Gasteiger partial charge in [-0.3, -0.25) is 4.79 Å². The Morgan fingerprint density at radius 1 is 0.824 bits per heavy atom. The standard InChI is InChI=1S/C28H26N2O4/c1-32-28(31)18-17-27(22-7-3-2-4-8-22)30-34-19-21-11-15-25(16-12-21)33-20-24-14-13-23-9-5-6-10-26(23)29-24/h2-16H,17-20H2,1H3. The van der Waals surface area contributed by atoms with Crippen LogP contribution in [-0.4, -0.2) is 23.8 Å². The van der Waals surface area contributed by atoms with Gasteiger partial charge in [-0.2, -0.15) is 0 Å². The first-order valence-electron chi connectivity index (χ1n) is 11.1.